The Balaban J connectivity index is 2.70. The minimum Gasteiger partial charge on any atom is -0.493 e. The van der Waals surface area contributed by atoms with Crippen molar-refractivity contribution in [1.29, 1.82) is 0 Å². The van der Waals surface area contributed by atoms with Gasteiger partial charge in [-0.2, -0.15) is 8.78 Å². The summed E-state index contributed by atoms with van der Waals surface area (Å²) in [6.07, 6.45) is 0.921. The van der Waals surface area contributed by atoms with E-state index in [1.165, 1.54) is 7.11 Å². The summed E-state index contributed by atoms with van der Waals surface area (Å²) in [6, 6.07) is 5.20. The summed E-state index contributed by atoms with van der Waals surface area (Å²) in [6.45, 7) is 0.332. The summed E-state index contributed by atoms with van der Waals surface area (Å²) < 4.78 is 39.2. The Labute approximate surface area is 118 Å². The lowest BCUT2D eigenvalue weighted by Crippen LogP contribution is -2.32. The Bertz CT molecular complexity index is 402. The van der Waals surface area contributed by atoms with E-state index in [1.807, 2.05) is 6.07 Å². The van der Waals surface area contributed by atoms with E-state index in [-0.39, 0.29) is 17.5 Å². The van der Waals surface area contributed by atoms with Gasteiger partial charge in [-0.25, -0.2) is 0 Å². The third-order valence-electron chi connectivity index (χ3n) is 2.90. The highest BCUT2D eigenvalue weighted by molar-refractivity contribution is 5.43. The van der Waals surface area contributed by atoms with E-state index in [9.17, 15) is 8.78 Å². The average Bonchev–Trinajstić information content (AvgIpc) is 2.43. The zero-order valence-corrected chi connectivity index (χ0v) is 12.0. The summed E-state index contributed by atoms with van der Waals surface area (Å²) in [4.78, 5) is 0. The highest BCUT2D eigenvalue weighted by Crippen LogP contribution is 2.29. The molecule has 0 fully saturated rings. The first-order valence-electron chi connectivity index (χ1n) is 6.44. The molecule has 0 amide bonds. The van der Waals surface area contributed by atoms with Gasteiger partial charge in [0.25, 0.3) is 0 Å². The van der Waals surface area contributed by atoms with Crippen molar-refractivity contribution in [3.63, 3.8) is 0 Å². The van der Waals surface area contributed by atoms with Crippen molar-refractivity contribution in [1.82, 2.24) is 5.32 Å². The number of alkyl halides is 2. The molecular weight excluding hydrogens is 268 g/mol. The maximum Gasteiger partial charge on any atom is 0.387 e. The second-order valence-electron chi connectivity index (χ2n) is 4.31. The van der Waals surface area contributed by atoms with Crippen molar-refractivity contribution in [3.8, 4) is 11.5 Å². The van der Waals surface area contributed by atoms with Crippen LogP contribution in [0.25, 0.3) is 0 Å². The second-order valence-corrected chi connectivity index (χ2v) is 4.31. The topological polar surface area (TPSA) is 39.7 Å². The van der Waals surface area contributed by atoms with Crippen LogP contribution in [0.1, 0.15) is 18.9 Å². The van der Waals surface area contributed by atoms with Gasteiger partial charge in [0.1, 0.15) is 0 Å². The van der Waals surface area contributed by atoms with Gasteiger partial charge in [-0.3, -0.25) is 0 Å². The van der Waals surface area contributed by atoms with Crippen molar-refractivity contribution in [2.24, 2.45) is 0 Å². The molecule has 0 saturated heterocycles. The molecule has 1 unspecified atom stereocenters. The van der Waals surface area contributed by atoms with Crippen LogP contribution in [0.2, 0.25) is 0 Å². The Hall–Kier alpha value is -1.40. The van der Waals surface area contributed by atoms with E-state index in [0.29, 0.717) is 13.2 Å². The maximum atomic E-state index is 12.3. The normalized spacial score (nSPS) is 12.5. The Morgan fingerprint density at radius 1 is 1.20 bits per heavy atom. The fraction of sp³-hybridized carbons (Fsp3) is 0.571. The van der Waals surface area contributed by atoms with Crippen LogP contribution in [0, 0.1) is 0 Å². The van der Waals surface area contributed by atoms with Crippen LogP contribution in [0.5, 0.6) is 11.5 Å². The number of benzene rings is 1. The minimum atomic E-state index is -2.87. The first-order chi connectivity index (χ1) is 9.60. The molecule has 0 aromatic heterocycles. The van der Waals surface area contributed by atoms with Gasteiger partial charge in [0.2, 0.25) is 0 Å². The number of halogens is 2. The molecule has 0 bridgehead atoms. The third-order valence-corrected chi connectivity index (χ3v) is 2.90. The van der Waals surface area contributed by atoms with E-state index in [1.54, 1.807) is 19.2 Å². The first-order valence-corrected chi connectivity index (χ1v) is 6.44. The van der Waals surface area contributed by atoms with E-state index in [0.717, 1.165) is 12.0 Å². The minimum absolute atomic E-state index is 0.0431. The Morgan fingerprint density at radius 2 is 1.95 bits per heavy atom. The molecule has 0 radical (unpaired) electrons. The fourth-order valence-electron chi connectivity index (χ4n) is 1.80. The predicted octanol–water partition coefficient (Wildman–Crippen LogP) is 2.81. The second kappa shape index (κ2) is 8.71. The largest absolute Gasteiger partial charge is 0.493 e. The highest BCUT2D eigenvalue weighted by Gasteiger charge is 2.12. The molecule has 0 heterocycles. The SMILES string of the molecule is CCC(COC)NCc1ccc(OC)c(OC(F)F)c1. The molecule has 1 rings (SSSR count). The smallest absolute Gasteiger partial charge is 0.387 e. The van der Waals surface area contributed by atoms with E-state index in [2.05, 4.69) is 17.0 Å². The third kappa shape index (κ3) is 5.30. The molecule has 6 heteroatoms. The van der Waals surface area contributed by atoms with Gasteiger partial charge in [-0.15, -0.1) is 0 Å². The number of hydrogen-bond acceptors (Lipinski definition) is 4. The average molecular weight is 289 g/mol. The summed E-state index contributed by atoms with van der Waals surface area (Å²) in [7, 11) is 3.06. The molecule has 0 aliphatic heterocycles. The van der Waals surface area contributed by atoms with E-state index in [4.69, 9.17) is 9.47 Å². The van der Waals surface area contributed by atoms with Crippen LogP contribution in [-0.4, -0.2) is 33.5 Å². The first kappa shape index (κ1) is 16.7. The van der Waals surface area contributed by atoms with Crippen LogP contribution in [0.3, 0.4) is 0 Å². The number of methoxy groups -OCH3 is 2. The van der Waals surface area contributed by atoms with Crippen LogP contribution < -0.4 is 14.8 Å². The summed E-state index contributed by atoms with van der Waals surface area (Å²) in [5, 5.41) is 3.30. The van der Waals surface area contributed by atoms with Crippen LogP contribution in [-0.2, 0) is 11.3 Å². The molecule has 1 aromatic rings. The Kier molecular flexibility index (Phi) is 7.25. The molecule has 1 aromatic carbocycles. The molecule has 20 heavy (non-hydrogen) atoms. The van der Waals surface area contributed by atoms with Gasteiger partial charge < -0.3 is 19.5 Å². The summed E-state index contributed by atoms with van der Waals surface area (Å²) in [5.74, 6) is 0.333. The van der Waals surface area contributed by atoms with Gasteiger partial charge in [-0.05, 0) is 24.1 Å². The molecule has 1 atom stereocenters. The molecule has 0 aliphatic carbocycles. The van der Waals surface area contributed by atoms with Gasteiger partial charge >= 0.3 is 6.61 Å². The summed E-state index contributed by atoms with van der Waals surface area (Å²) >= 11 is 0. The van der Waals surface area contributed by atoms with Crippen molar-refractivity contribution in [2.75, 3.05) is 20.8 Å². The van der Waals surface area contributed by atoms with Gasteiger partial charge in [0.05, 0.1) is 13.7 Å². The number of hydrogen-bond donors (Lipinski definition) is 1. The standard InChI is InChI=1S/C14H21F2NO3/c1-4-11(9-18-2)17-8-10-5-6-12(19-3)13(7-10)20-14(15)16/h5-7,11,14,17H,4,8-9H2,1-3H3. The zero-order chi connectivity index (χ0) is 15.0. The van der Waals surface area contributed by atoms with Gasteiger partial charge in [0.15, 0.2) is 11.5 Å². The lowest BCUT2D eigenvalue weighted by atomic mass is 10.1. The van der Waals surface area contributed by atoms with E-state index >= 15 is 0 Å². The molecule has 4 nitrogen and oxygen atoms in total. The lowest BCUT2D eigenvalue weighted by Gasteiger charge is -2.17. The van der Waals surface area contributed by atoms with E-state index < -0.39 is 6.61 Å². The molecule has 1 N–H and O–H groups in total. The zero-order valence-electron chi connectivity index (χ0n) is 12.0. The number of ether oxygens (including phenoxy) is 3. The van der Waals surface area contributed by atoms with Crippen LogP contribution >= 0.6 is 0 Å². The maximum absolute atomic E-state index is 12.3. The molecule has 0 saturated carbocycles. The van der Waals surface area contributed by atoms with Crippen LogP contribution in [0.4, 0.5) is 8.78 Å². The molecule has 0 spiro atoms. The van der Waals surface area contributed by atoms with Crippen molar-refractivity contribution < 1.29 is 23.0 Å². The highest BCUT2D eigenvalue weighted by atomic mass is 19.3. The summed E-state index contributed by atoms with van der Waals surface area (Å²) in [5.41, 5.74) is 0.844. The fourth-order valence-corrected chi connectivity index (χ4v) is 1.80. The molecule has 0 aliphatic rings. The number of rotatable bonds is 9. The predicted molar refractivity (Wildman–Crippen MR) is 72.4 cm³/mol. The quantitative estimate of drug-likeness (QED) is 0.759. The molecular formula is C14H21F2NO3. The van der Waals surface area contributed by atoms with Crippen molar-refractivity contribution >= 4 is 0 Å². The van der Waals surface area contributed by atoms with Crippen molar-refractivity contribution in [2.45, 2.75) is 32.5 Å². The van der Waals surface area contributed by atoms with Crippen molar-refractivity contribution in [3.05, 3.63) is 23.8 Å². The van der Waals surface area contributed by atoms with Crippen LogP contribution in [0.15, 0.2) is 18.2 Å². The van der Waals surface area contributed by atoms with Gasteiger partial charge in [0, 0.05) is 19.7 Å². The monoisotopic (exact) mass is 289 g/mol. The van der Waals surface area contributed by atoms with Gasteiger partial charge in [-0.1, -0.05) is 13.0 Å². The Morgan fingerprint density at radius 3 is 2.50 bits per heavy atom. The lowest BCUT2D eigenvalue weighted by molar-refractivity contribution is -0.0512. The molecule has 114 valence electrons. The number of nitrogens with one attached hydrogen (secondary N) is 1.